The molecule has 3 N–H and O–H groups in total. The van der Waals surface area contributed by atoms with Crippen LogP contribution in [0.5, 0.6) is 5.75 Å². The number of benzene rings is 2. The quantitative estimate of drug-likeness (QED) is 0.389. The summed E-state index contributed by atoms with van der Waals surface area (Å²) in [4.78, 5) is 42.3. The lowest BCUT2D eigenvalue weighted by Gasteiger charge is -2.45. The highest BCUT2D eigenvalue weighted by Gasteiger charge is 2.43. The van der Waals surface area contributed by atoms with Crippen LogP contribution in [0.15, 0.2) is 54.6 Å². The Balaban J connectivity index is 2.54. The summed E-state index contributed by atoms with van der Waals surface area (Å²) >= 11 is 0. The van der Waals surface area contributed by atoms with Gasteiger partial charge in [-0.05, 0) is 70.2 Å². The van der Waals surface area contributed by atoms with Crippen LogP contribution in [-0.4, -0.2) is 45.1 Å². The molecule has 2 rings (SSSR count). The third-order valence-electron chi connectivity index (χ3n) is 6.38. The predicted octanol–water partition coefficient (Wildman–Crippen LogP) is 5.32. The minimum Gasteiger partial charge on any atom is -0.508 e. The highest BCUT2D eigenvalue weighted by Crippen LogP contribution is 2.33. The molecule has 8 heteroatoms. The molecule has 3 amide bonds. The molecule has 0 saturated heterocycles. The second kappa shape index (κ2) is 12.8. The van der Waals surface area contributed by atoms with Crippen LogP contribution in [0.4, 0.5) is 4.79 Å². The first kappa shape index (κ1) is 30.7. The van der Waals surface area contributed by atoms with Gasteiger partial charge in [0.2, 0.25) is 11.8 Å². The first-order valence-electron chi connectivity index (χ1n) is 13.1. The van der Waals surface area contributed by atoms with Crippen LogP contribution in [0.1, 0.15) is 79.0 Å². The molecule has 2 atom stereocenters. The number of alkyl carbamates (subject to hydrolysis) is 1. The van der Waals surface area contributed by atoms with Crippen LogP contribution >= 0.6 is 0 Å². The van der Waals surface area contributed by atoms with Crippen molar-refractivity contribution in [1.29, 1.82) is 0 Å². The van der Waals surface area contributed by atoms with Gasteiger partial charge in [-0.2, -0.15) is 0 Å². The van der Waals surface area contributed by atoms with Gasteiger partial charge >= 0.3 is 6.09 Å². The van der Waals surface area contributed by atoms with Crippen molar-refractivity contribution in [2.45, 2.75) is 91.6 Å². The maximum atomic E-state index is 14.3. The Bertz CT molecular complexity index is 1080. The molecule has 0 aliphatic rings. The van der Waals surface area contributed by atoms with Gasteiger partial charge in [-0.3, -0.25) is 9.59 Å². The number of ether oxygens (including phenoxy) is 1. The van der Waals surface area contributed by atoms with Gasteiger partial charge in [0, 0.05) is 12.1 Å². The summed E-state index contributed by atoms with van der Waals surface area (Å²) in [5.41, 5.74) is -0.0253. The van der Waals surface area contributed by atoms with Crippen molar-refractivity contribution in [3.63, 3.8) is 0 Å². The van der Waals surface area contributed by atoms with E-state index in [1.807, 2.05) is 65.0 Å². The van der Waals surface area contributed by atoms with E-state index in [1.54, 1.807) is 37.8 Å². The molecule has 2 unspecified atom stereocenters. The fourth-order valence-corrected chi connectivity index (χ4v) is 4.00. The number of carbonyl (C=O) groups excluding carboxylic acids is 3. The molecule has 0 bridgehead atoms. The van der Waals surface area contributed by atoms with Crippen molar-refractivity contribution in [3.05, 3.63) is 65.7 Å². The molecule has 0 aliphatic carbocycles. The standard InChI is InChI=1S/C30H43N3O5/c1-9-30(7,8)33(27(36)24(20(2)3)32-28(37)38-29(4,5)6)25(22-15-17-23(34)18-16-22)26(35)31-19-21-13-11-10-12-14-21/h10-18,20,24-25,34H,9,19H2,1-8H3,(H,31,35)(H,32,37). The molecule has 208 valence electrons. The highest BCUT2D eigenvalue weighted by atomic mass is 16.6. The lowest BCUT2D eigenvalue weighted by molar-refractivity contribution is -0.150. The minimum absolute atomic E-state index is 0.0523. The van der Waals surface area contributed by atoms with Crippen LogP contribution in [0.2, 0.25) is 0 Å². The second-order valence-electron chi connectivity index (χ2n) is 11.4. The monoisotopic (exact) mass is 525 g/mol. The number of amides is 3. The van der Waals surface area contributed by atoms with E-state index in [2.05, 4.69) is 10.6 Å². The fraction of sp³-hybridized carbons (Fsp3) is 0.500. The van der Waals surface area contributed by atoms with E-state index in [9.17, 15) is 19.5 Å². The first-order valence-corrected chi connectivity index (χ1v) is 13.1. The number of carbonyl (C=O) groups is 3. The molecular formula is C30H43N3O5. The summed E-state index contributed by atoms with van der Waals surface area (Å²) in [7, 11) is 0. The van der Waals surface area contributed by atoms with E-state index in [1.165, 1.54) is 12.1 Å². The van der Waals surface area contributed by atoms with Crippen LogP contribution in [0, 0.1) is 5.92 Å². The van der Waals surface area contributed by atoms with E-state index in [-0.39, 0.29) is 24.1 Å². The van der Waals surface area contributed by atoms with Crippen LogP contribution < -0.4 is 10.6 Å². The van der Waals surface area contributed by atoms with Gasteiger partial charge in [-0.25, -0.2) is 4.79 Å². The average Bonchev–Trinajstić information content (AvgIpc) is 2.84. The number of phenols is 1. The fourth-order valence-electron chi connectivity index (χ4n) is 4.00. The molecule has 0 fully saturated rings. The van der Waals surface area contributed by atoms with Crippen LogP contribution in [-0.2, 0) is 20.9 Å². The van der Waals surface area contributed by atoms with E-state index in [0.29, 0.717) is 12.0 Å². The highest BCUT2D eigenvalue weighted by molar-refractivity contribution is 5.92. The number of aromatic hydroxyl groups is 1. The Hall–Kier alpha value is -3.55. The van der Waals surface area contributed by atoms with E-state index < -0.39 is 35.2 Å². The van der Waals surface area contributed by atoms with Crippen LogP contribution in [0.3, 0.4) is 0 Å². The smallest absolute Gasteiger partial charge is 0.408 e. The number of nitrogens with zero attached hydrogens (tertiary/aromatic N) is 1. The minimum atomic E-state index is -1.01. The van der Waals surface area contributed by atoms with Gasteiger partial charge in [-0.1, -0.05) is 63.2 Å². The largest absolute Gasteiger partial charge is 0.508 e. The van der Waals surface area contributed by atoms with Gasteiger partial charge < -0.3 is 25.4 Å². The van der Waals surface area contributed by atoms with Gasteiger partial charge in [-0.15, -0.1) is 0 Å². The first-order chi connectivity index (χ1) is 17.7. The van der Waals surface area contributed by atoms with E-state index >= 15 is 0 Å². The molecule has 2 aromatic rings. The van der Waals surface area contributed by atoms with Gasteiger partial charge in [0.05, 0.1) is 0 Å². The summed E-state index contributed by atoms with van der Waals surface area (Å²) in [6.07, 6.45) is -0.148. The number of rotatable bonds is 10. The number of hydrogen-bond donors (Lipinski definition) is 3. The molecule has 38 heavy (non-hydrogen) atoms. The number of phenolic OH excluding ortho intramolecular Hbond substituents is 1. The molecule has 0 aromatic heterocycles. The van der Waals surface area contributed by atoms with Crippen molar-refractivity contribution < 1.29 is 24.2 Å². The molecule has 2 aromatic carbocycles. The lowest BCUT2D eigenvalue weighted by Crippen LogP contribution is -2.60. The molecule has 0 spiro atoms. The average molecular weight is 526 g/mol. The van der Waals surface area contributed by atoms with Gasteiger partial charge in [0.1, 0.15) is 23.4 Å². The van der Waals surface area contributed by atoms with Crippen molar-refractivity contribution in [2.75, 3.05) is 0 Å². The molecule has 0 radical (unpaired) electrons. The van der Waals surface area contributed by atoms with Crippen molar-refractivity contribution in [1.82, 2.24) is 15.5 Å². The summed E-state index contributed by atoms with van der Waals surface area (Å²) < 4.78 is 5.43. The molecule has 0 aliphatic heterocycles. The molecule has 0 saturated carbocycles. The predicted molar refractivity (Wildman–Crippen MR) is 148 cm³/mol. The molecule has 0 heterocycles. The van der Waals surface area contributed by atoms with Crippen molar-refractivity contribution in [3.8, 4) is 5.75 Å². The Morgan fingerprint density at radius 3 is 2.03 bits per heavy atom. The third kappa shape index (κ3) is 8.50. The Morgan fingerprint density at radius 2 is 1.53 bits per heavy atom. The van der Waals surface area contributed by atoms with E-state index in [0.717, 1.165) is 5.56 Å². The summed E-state index contributed by atoms with van der Waals surface area (Å²) in [6.45, 7) is 15.0. The second-order valence-corrected chi connectivity index (χ2v) is 11.4. The molecule has 8 nitrogen and oxygen atoms in total. The topological polar surface area (TPSA) is 108 Å². The maximum absolute atomic E-state index is 14.3. The van der Waals surface area contributed by atoms with Gasteiger partial charge in [0.25, 0.3) is 0 Å². The van der Waals surface area contributed by atoms with Crippen molar-refractivity contribution in [2.24, 2.45) is 5.92 Å². The number of nitrogens with one attached hydrogen (secondary N) is 2. The summed E-state index contributed by atoms with van der Waals surface area (Å²) in [5, 5.41) is 15.6. The molecular weight excluding hydrogens is 482 g/mol. The SMILES string of the molecule is CCC(C)(C)N(C(=O)C(NC(=O)OC(C)(C)C)C(C)C)C(C(=O)NCc1ccccc1)c1ccc(O)cc1. The normalized spacial score (nSPS) is 13.4. The lowest BCUT2D eigenvalue weighted by atomic mass is 9.90. The van der Waals surface area contributed by atoms with Crippen LogP contribution in [0.25, 0.3) is 0 Å². The zero-order valence-electron chi connectivity index (χ0n) is 23.9. The maximum Gasteiger partial charge on any atom is 0.408 e. The van der Waals surface area contributed by atoms with Gasteiger partial charge in [0.15, 0.2) is 0 Å². The Kier molecular flexibility index (Phi) is 10.3. The summed E-state index contributed by atoms with van der Waals surface area (Å²) in [6, 6.07) is 13.8. The Morgan fingerprint density at radius 1 is 0.947 bits per heavy atom. The summed E-state index contributed by atoms with van der Waals surface area (Å²) in [5.74, 6) is -0.991. The zero-order valence-corrected chi connectivity index (χ0v) is 23.9. The third-order valence-corrected chi connectivity index (χ3v) is 6.38. The van der Waals surface area contributed by atoms with E-state index in [4.69, 9.17) is 4.74 Å². The van der Waals surface area contributed by atoms with Crippen molar-refractivity contribution >= 4 is 17.9 Å². The number of hydrogen-bond acceptors (Lipinski definition) is 5. The Labute approximate surface area is 226 Å². The zero-order chi connectivity index (χ0) is 28.7.